The molecule has 1 unspecified atom stereocenters. The maximum atomic E-state index is 12.6. The molecule has 2 rings (SSSR count). The number of para-hydroxylation sites is 1. The van der Waals surface area contributed by atoms with Gasteiger partial charge in [-0.15, -0.1) is 0 Å². The second-order valence-electron chi connectivity index (χ2n) is 5.20. The van der Waals surface area contributed by atoms with Gasteiger partial charge in [0.25, 0.3) is 0 Å². The third-order valence-electron chi connectivity index (χ3n) is 3.66. The number of hydrogen-bond donors (Lipinski definition) is 1. The van der Waals surface area contributed by atoms with Crippen LogP contribution in [0.3, 0.4) is 0 Å². The lowest BCUT2D eigenvalue weighted by Gasteiger charge is -2.34. The molecule has 0 saturated carbocycles. The van der Waals surface area contributed by atoms with E-state index in [0.717, 1.165) is 43.6 Å². The third kappa shape index (κ3) is 3.38. The summed E-state index contributed by atoms with van der Waals surface area (Å²) in [6, 6.07) is 7.95. The van der Waals surface area contributed by atoms with Crippen LogP contribution in [0.25, 0.3) is 0 Å². The summed E-state index contributed by atoms with van der Waals surface area (Å²) in [7, 11) is 1.68. The Bertz CT molecular complexity index is 448. The molecule has 0 bridgehead atoms. The highest BCUT2D eigenvalue weighted by Crippen LogP contribution is 2.25. The number of piperidine rings is 1. The Balaban J connectivity index is 2.17. The Morgan fingerprint density at radius 2 is 2.20 bits per heavy atom. The standard InChI is InChI=1S/C16H24N2O2/c1-3-10-17-14-8-6-11-18(16(14)19)15-9-5-4-7-13(15)12-20-2/h4-5,7,9,14,17H,3,6,8,10-12H2,1-2H3. The highest BCUT2D eigenvalue weighted by molar-refractivity contribution is 5.98. The van der Waals surface area contributed by atoms with Crippen molar-refractivity contribution in [2.75, 3.05) is 25.1 Å². The molecule has 0 aliphatic carbocycles. The molecule has 0 aromatic heterocycles. The summed E-state index contributed by atoms with van der Waals surface area (Å²) in [5, 5.41) is 3.35. The topological polar surface area (TPSA) is 41.6 Å². The van der Waals surface area contributed by atoms with E-state index >= 15 is 0 Å². The maximum absolute atomic E-state index is 12.6. The molecule has 0 spiro atoms. The minimum atomic E-state index is -0.0423. The second kappa shape index (κ2) is 7.41. The van der Waals surface area contributed by atoms with Crippen molar-refractivity contribution in [1.82, 2.24) is 5.32 Å². The Hall–Kier alpha value is -1.39. The molecule has 1 aromatic carbocycles. The summed E-state index contributed by atoms with van der Waals surface area (Å²) in [5.41, 5.74) is 2.06. The molecule has 1 atom stereocenters. The molecular formula is C16H24N2O2. The molecule has 1 aliphatic heterocycles. The molecule has 4 nitrogen and oxygen atoms in total. The molecule has 110 valence electrons. The largest absolute Gasteiger partial charge is 0.380 e. The van der Waals surface area contributed by atoms with Gasteiger partial charge in [-0.1, -0.05) is 25.1 Å². The average Bonchev–Trinajstić information content (AvgIpc) is 2.47. The van der Waals surface area contributed by atoms with Crippen LogP contribution >= 0.6 is 0 Å². The molecule has 1 aliphatic rings. The number of nitrogens with zero attached hydrogens (tertiary/aromatic N) is 1. The van der Waals surface area contributed by atoms with Crippen LogP contribution in [0.1, 0.15) is 31.7 Å². The first kappa shape index (κ1) is 15.0. The predicted molar refractivity (Wildman–Crippen MR) is 80.8 cm³/mol. The van der Waals surface area contributed by atoms with Gasteiger partial charge in [-0.2, -0.15) is 0 Å². The van der Waals surface area contributed by atoms with Gasteiger partial charge >= 0.3 is 0 Å². The molecule has 1 amide bonds. The quantitative estimate of drug-likeness (QED) is 0.867. The van der Waals surface area contributed by atoms with Crippen molar-refractivity contribution in [1.29, 1.82) is 0 Å². The molecule has 1 saturated heterocycles. The number of benzene rings is 1. The second-order valence-corrected chi connectivity index (χ2v) is 5.20. The minimum absolute atomic E-state index is 0.0423. The molecule has 20 heavy (non-hydrogen) atoms. The summed E-state index contributed by atoms with van der Waals surface area (Å²) >= 11 is 0. The minimum Gasteiger partial charge on any atom is -0.380 e. The zero-order valence-electron chi connectivity index (χ0n) is 12.4. The van der Waals surface area contributed by atoms with Gasteiger partial charge in [-0.05, 0) is 31.9 Å². The van der Waals surface area contributed by atoms with Crippen LogP contribution in [0.2, 0.25) is 0 Å². The Labute approximate surface area is 121 Å². The van der Waals surface area contributed by atoms with Gasteiger partial charge < -0.3 is 15.0 Å². The van der Waals surface area contributed by atoms with Gasteiger partial charge in [0, 0.05) is 24.9 Å². The number of carbonyl (C=O) groups excluding carboxylic acids is 1. The number of ether oxygens (including phenoxy) is 1. The molecule has 1 heterocycles. The SMILES string of the molecule is CCCNC1CCCN(c2ccccc2COC)C1=O. The van der Waals surface area contributed by atoms with Crippen LogP contribution in [0.5, 0.6) is 0 Å². The van der Waals surface area contributed by atoms with E-state index in [9.17, 15) is 4.79 Å². The fourth-order valence-electron chi connectivity index (χ4n) is 2.67. The third-order valence-corrected chi connectivity index (χ3v) is 3.66. The van der Waals surface area contributed by atoms with Gasteiger partial charge in [-0.3, -0.25) is 4.79 Å². The van der Waals surface area contributed by atoms with E-state index < -0.39 is 0 Å². The normalized spacial score (nSPS) is 19.4. The summed E-state index contributed by atoms with van der Waals surface area (Å²) in [6.45, 7) is 4.34. The van der Waals surface area contributed by atoms with Gasteiger partial charge in [0.05, 0.1) is 12.6 Å². The number of anilines is 1. The summed E-state index contributed by atoms with van der Waals surface area (Å²) in [6.07, 6.45) is 3.01. The van der Waals surface area contributed by atoms with Crippen LogP contribution in [0.4, 0.5) is 5.69 Å². The monoisotopic (exact) mass is 276 g/mol. The first-order chi connectivity index (χ1) is 9.77. The number of amides is 1. The first-order valence-corrected chi connectivity index (χ1v) is 7.39. The van der Waals surface area contributed by atoms with Gasteiger partial charge in [0.15, 0.2) is 0 Å². The summed E-state index contributed by atoms with van der Waals surface area (Å²) < 4.78 is 5.23. The van der Waals surface area contributed by atoms with Gasteiger partial charge in [0.1, 0.15) is 0 Å². The van der Waals surface area contributed by atoms with Gasteiger partial charge in [0.2, 0.25) is 5.91 Å². The Kier molecular flexibility index (Phi) is 5.56. The first-order valence-electron chi connectivity index (χ1n) is 7.39. The van der Waals surface area contributed by atoms with E-state index in [1.165, 1.54) is 0 Å². The van der Waals surface area contributed by atoms with E-state index in [1.807, 2.05) is 29.2 Å². The number of hydrogen-bond acceptors (Lipinski definition) is 3. The molecule has 0 radical (unpaired) electrons. The van der Waals surface area contributed by atoms with Crippen molar-refractivity contribution in [2.45, 2.75) is 38.8 Å². The number of rotatable bonds is 6. The Morgan fingerprint density at radius 3 is 2.95 bits per heavy atom. The molecule has 4 heteroatoms. The summed E-state index contributed by atoms with van der Waals surface area (Å²) in [4.78, 5) is 14.5. The van der Waals surface area contributed by atoms with Crippen LogP contribution in [-0.4, -0.2) is 32.1 Å². The number of carbonyl (C=O) groups is 1. The summed E-state index contributed by atoms with van der Waals surface area (Å²) in [5.74, 6) is 0.188. The molecule has 1 N–H and O–H groups in total. The molecule has 1 fully saturated rings. The average molecular weight is 276 g/mol. The molecule has 1 aromatic rings. The van der Waals surface area contributed by atoms with Crippen molar-refractivity contribution in [2.24, 2.45) is 0 Å². The Morgan fingerprint density at radius 1 is 1.40 bits per heavy atom. The van der Waals surface area contributed by atoms with Crippen molar-refractivity contribution in [3.05, 3.63) is 29.8 Å². The fourth-order valence-corrected chi connectivity index (χ4v) is 2.67. The van der Waals surface area contributed by atoms with Crippen LogP contribution in [-0.2, 0) is 16.1 Å². The number of nitrogens with one attached hydrogen (secondary N) is 1. The fraction of sp³-hybridized carbons (Fsp3) is 0.562. The highest BCUT2D eigenvalue weighted by Gasteiger charge is 2.29. The van der Waals surface area contributed by atoms with Crippen molar-refractivity contribution in [3.63, 3.8) is 0 Å². The molecular weight excluding hydrogens is 252 g/mol. The van der Waals surface area contributed by atoms with Crippen LogP contribution in [0.15, 0.2) is 24.3 Å². The zero-order valence-corrected chi connectivity index (χ0v) is 12.4. The highest BCUT2D eigenvalue weighted by atomic mass is 16.5. The maximum Gasteiger partial charge on any atom is 0.244 e. The van der Waals surface area contributed by atoms with Crippen LogP contribution in [0, 0.1) is 0 Å². The smallest absolute Gasteiger partial charge is 0.244 e. The van der Waals surface area contributed by atoms with Gasteiger partial charge in [-0.25, -0.2) is 0 Å². The van der Waals surface area contributed by atoms with E-state index in [0.29, 0.717) is 6.61 Å². The van der Waals surface area contributed by atoms with E-state index in [1.54, 1.807) is 7.11 Å². The van der Waals surface area contributed by atoms with Crippen molar-refractivity contribution in [3.8, 4) is 0 Å². The van der Waals surface area contributed by atoms with Crippen molar-refractivity contribution >= 4 is 11.6 Å². The lowest BCUT2D eigenvalue weighted by Crippen LogP contribution is -2.51. The predicted octanol–water partition coefficient (Wildman–Crippen LogP) is 2.33. The zero-order chi connectivity index (χ0) is 14.4. The van der Waals surface area contributed by atoms with E-state index in [2.05, 4.69) is 12.2 Å². The number of methoxy groups -OCH3 is 1. The van der Waals surface area contributed by atoms with E-state index in [4.69, 9.17) is 4.74 Å². The lowest BCUT2D eigenvalue weighted by molar-refractivity contribution is -0.121. The van der Waals surface area contributed by atoms with Crippen LogP contribution < -0.4 is 10.2 Å². The lowest BCUT2D eigenvalue weighted by atomic mass is 10.0. The van der Waals surface area contributed by atoms with E-state index in [-0.39, 0.29) is 11.9 Å². The van der Waals surface area contributed by atoms with Crippen molar-refractivity contribution < 1.29 is 9.53 Å².